The highest BCUT2D eigenvalue weighted by atomic mass is 16.5. The maximum Gasteiger partial charge on any atom is 0.315 e. The van der Waals surface area contributed by atoms with Gasteiger partial charge in [0.05, 0.1) is 12.2 Å². The first-order valence-corrected chi connectivity index (χ1v) is 11.0. The van der Waals surface area contributed by atoms with Gasteiger partial charge in [-0.25, -0.2) is 14.5 Å². The second kappa shape index (κ2) is 10.3. The van der Waals surface area contributed by atoms with Crippen molar-refractivity contribution in [3.63, 3.8) is 0 Å². The summed E-state index contributed by atoms with van der Waals surface area (Å²) in [6.07, 6.45) is 5.29. The number of ether oxygens (including phenoxy) is 1. The number of nitrogens with zero attached hydrogens (tertiary/aromatic N) is 4. The van der Waals surface area contributed by atoms with Gasteiger partial charge in [0.1, 0.15) is 0 Å². The van der Waals surface area contributed by atoms with E-state index in [0.29, 0.717) is 37.6 Å². The Morgan fingerprint density at radius 3 is 2.27 bits per heavy atom. The number of carbonyl (C=O) groups excluding carboxylic acids is 2. The van der Waals surface area contributed by atoms with E-state index in [0.717, 1.165) is 11.1 Å². The summed E-state index contributed by atoms with van der Waals surface area (Å²) in [6, 6.07) is 12.6. The molecule has 3 heterocycles. The maximum atomic E-state index is 12.8. The number of hydrogen-bond acceptors (Lipinski definition) is 5. The van der Waals surface area contributed by atoms with Crippen LogP contribution >= 0.6 is 0 Å². The highest BCUT2D eigenvalue weighted by Crippen LogP contribution is 2.15. The smallest absolute Gasteiger partial charge is 0.315 e. The molecule has 9 heteroatoms. The number of aromatic nitrogens is 3. The first-order valence-electron chi connectivity index (χ1n) is 11.0. The van der Waals surface area contributed by atoms with Crippen molar-refractivity contribution >= 4 is 11.9 Å². The third-order valence-electron chi connectivity index (χ3n) is 5.36. The van der Waals surface area contributed by atoms with Crippen LogP contribution in [0.25, 0.3) is 5.82 Å². The zero-order valence-corrected chi connectivity index (χ0v) is 18.8. The van der Waals surface area contributed by atoms with Gasteiger partial charge in [-0.05, 0) is 49.2 Å². The minimum Gasteiger partial charge on any atom is -0.372 e. The molecule has 0 bridgehead atoms. The number of carbonyl (C=O) groups is 2. The number of hydrogen-bond donors (Lipinski definition) is 2. The van der Waals surface area contributed by atoms with Crippen molar-refractivity contribution in [2.24, 2.45) is 0 Å². The van der Waals surface area contributed by atoms with Crippen molar-refractivity contribution in [3.8, 4) is 5.82 Å². The van der Waals surface area contributed by atoms with E-state index >= 15 is 0 Å². The van der Waals surface area contributed by atoms with Crippen molar-refractivity contribution in [3.05, 3.63) is 77.7 Å². The lowest BCUT2D eigenvalue weighted by atomic mass is 10.1. The molecule has 3 amide bonds. The molecule has 2 N–H and O–H groups in total. The summed E-state index contributed by atoms with van der Waals surface area (Å²) in [5, 5.41) is 9.79. The average molecular weight is 449 g/mol. The molecule has 1 fully saturated rings. The van der Waals surface area contributed by atoms with E-state index in [1.165, 1.54) is 0 Å². The Bertz CT molecular complexity index is 1060. The van der Waals surface area contributed by atoms with Crippen LogP contribution in [-0.4, -0.2) is 56.9 Å². The molecule has 2 aromatic heterocycles. The predicted octanol–water partition coefficient (Wildman–Crippen LogP) is 2.52. The number of benzene rings is 1. The summed E-state index contributed by atoms with van der Waals surface area (Å²) >= 11 is 0. The molecule has 2 atom stereocenters. The number of urea groups is 1. The summed E-state index contributed by atoms with van der Waals surface area (Å²) in [5.74, 6) is 0.717. The number of nitrogens with one attached hydrogen (secondary N) is 2. The fraction of sp³-hybridized carbons (Fsp3) is 0.333. The molecule has 0 spiro atoms. The van der Waals surface area contributed by atoms with Gasteiger partial charge in [0, 0.05) is 50.3 Å². The number of morpholine rings is 1. The summed E-state index contributed by atoms with van der Waals surface area (Å²) in [7, 11) is 0. The molecule has 0 radical (unpaired) electrons. The lowest BCUT2D eigenvalue weighted by Crippen LogP contribution is -2.48. The monoisotopic (exact) mass is 448 g/mol. The Kier molecular flexibility index (Phi) is 6.99. The van der Waals surface area contributed by atoms with E-state index in [1.807, 2.05) is 55.3 Å². The topological polar surface area (TPSA) is 101 Å². The summed E-state index contributed by atoms with van der Waals surface area (Å²) in [4.78, 5) is 31.1. The Labute approximate surface area is 192 Å². The molecular weight excluding hydrogens is 420 g/mol. The van der Waals surface area contributed by atoms with Crippen molar-refractivity contribution < 1.29 is 14.3 Å². The predicted molar refractivity (Wildman–Crippen MR) is 123 cm³/mol. The van der Waals surface area contributed by atoms with Crippen LogP contribution < -0.4 is 10.6 Å². The van der Waals surface area contributed by atoms with Gasteiger partial charge < -0.3 is 20.3 Å². The van der Waals surface area contributed by atoms with Crippen molar-refractivity contribution in [2.75, 3.05) is 13.1 Å². The quantitative estimate of drug-likeness (QED) is 0.603. The molecule has 1 aromatic carbocycles. The van der Waals surface area contributed by atoms with Gasteiger partial charge in [-0.15, -0.1) is 0 Å². The van der Waals surface area contributed by atoms with Gasteiger partial charge in [0.2, 0.25) is 0 Å². The lowest BCUT2D eigenvalue weighted by molar-refractivity contribution is -0.0586. The van der Waals surface area contributed by atoms with E-state index < -0.39 is 0 Å². The minimum atomic E-state index is -0.275. The van der Waals surface area contributed by atoms with Crippen LogP contribution in [0, 0.1) is 0 Å². The fourth-order valence-corrected chi connectivity index (χ4v) is 3.78. The molecule has 2 unspecified atom stereocenters. The molecule has 1 saturated heterocycles. The average Bonchev–Trinajstić information content (AvgIpc) is 3.36. The van der Waals surface area contributed by atoms with Crippen molar-refractivity contribution in [2.45, 2.75) is 39.1 Å². The van der Waals surface area contributed by atoms with Crippen molar-refractivity contribution in [1.82, 2.24) is 30.3 Å². The third kappa shape index (κ3) is 5.95. The molecule has 1 aliphatic heterocycles. The van der Waals surface area contributed by atoms with E-state index in [-0.39, 0.29) is 24.1 Å². The van der Waals surface area contributed by atoms with Crippen LogP contribution in [0.15, 0.2) is 61.1 Å². The van der Waals surface area contributed by atoms with Gasteiger partial charge in [-0.2, -0.15) is 5.10 Å². The summed E-state index contributed by atoms with van der Waals surface area (Å²) < 4.78 is 7.37. The normalized spacial score (nSPS) is 18.1. The minimum absolute atomic E-state index is 0.00133. The first kappa shape index (κ1) is 22.5. The molecule has 0 saturated carbocycles. The summed E-state index contributed by atoms with van der Waals surface area (Å²) in [6.45, 7) is 5.86. The molecule has 33 heavy (non-hydrogen) atoms. The molecular formula is C24H28N6O3. The molecule has 3 aromatic rings. The number of amides is 3. The van der Waals surface area contributed by atoms with Crippen molar-refractivity contribution in [1.29, 1.82) is 0 Å². The second-order valence-electron chi connectivity index (χ2n) is 8.18. The highest BCUT2D eigenvalue weighted by Gasteiger charge is 2.26. The van der Waals surface area contributed by atoms with Gasteiger partial charge in [-0.1, -0.05) is 18.2 Å². The Morgan fingerprint density at radius 2 is 1.67 bits per heavy atom. The van der Waals surface area contributed by atoms with Crippen LogP contribution in [0.1, 0.15) is 35.3 Å². The van der Waals surface area contributed by atoms with Crippen LogP contribution in [0.2, 0.25) is 0 Å². The van der Waals surface area contributed by atoms with Crippen LogP contribution in [0.5, 0.6) is 0 Å². The zero-order chi connectivity index (χ0) is 23.2. The van der Waals surface area contributed by atoms with Crippen LogP contribution in [-0.2, 0) is 17.8 Å². The van der Waals surface area contributed by atoms with E-state index in [1.54, 1.807) is 29.2 Å². The highest BCUT2D eigenvalue weighted by molar-refractivity contribution is 5.94. The van der Waals surface area contributed by atoms with Gasteiger partial charge in [-0.3, -0.25) is 4.79 Å². The first-order chi connectivity index (χ1) is 16.0. The molecule has 1 aliphatic rings. The number of pyridine rings is 1. The standard InChI is InChI=1S/C24H28N6O3/c1-17-15-29(16-18(2)33-17)23(31)21-7-4-19(5-8-21)12-26-24(32)27-14-20-6-9-22(25-13-20)30-11-3-10-28-30/h3-11,13,17-18H,12,14-16H2,1-2H3,(H2,26,27,32). The second-order valence-corrected chi connectivity index (χ2v) is 8.18. The SMILES string of the molecule is CC1CN(C(=O)c2ccc(CNC(=O)NCc3ccc(-n4cccn4)nc3)cc2)CC(C)O1. The zero-order valence-electron chi connectivity index (χ0n) is 18.8. The number of rotatable bonds is 6. The largest absolute Gasteiger partial charge is 0.372 e. The van der Waals surface area contributed by atoms with E-state index in [2.05, 4.69) is 20.7 Å². The Morgan fingerprint density at radius 1 is 1.00 bits per heavy atom. The van der Waals surface area contributed by atoms with E-state index in [4.69, 9.17) is 4.74 Å². The third-order valence-corrected chi connectivity index (χ3v) is 5.36. The molecule has 0 aliphatic carbocycles. The fourth-order valence-electron chi connectivity index (χ4n) is 3.78. The Hall–Kier alpha value is -3.72. The molecule has 172 valence electrons. The maximum absolute atomic E-state index is 12.8. The van der Waals surface area contributed by atoms with Gasteiger partial charge >= 0.3 is 6.03 Å². The van der Waals surface area contributed by atoms with E-state index in [9.17, 15) is 9.59 Å². The van der Waals surface area contributed by atoms with Gasteiger partial charge in [0.15, 0.2) is 5.82 Å². The molecule has 9 nitrogen and oxygen atoms in total. The van der Waals surface area contributed by atoms with Crippen LogP contribution in [0.3, 0.4) is 0 Å². The van der Waals surface area contributed by atoms with Gasteiger partial charge in [0.25, 0.3) is 5.91 Å². The summed E-state index contributed by atoms with van der Waals surface area (Å²) in [5.41, 5.74) is 2.43. The van der Waals surface area contributed by atoms with Crippen LogP contribution in [0.4, 0.5) is 4.79 Å². The molecule has 4 rings (SSSR count). The lowest BCUT2D eigenvalue weighted by Gasteiger charge is -2.35. The Balaban J connectivity index is 1.23.